The number of nitrogens with two attached hydrogens (primary N) is 1. The third-order valence-corrected chi connectivity index (χ3v) is 8.13. The van der Waals surface area contributed by atoms with E-state index in [1.165, 1.54) is 18.2 Å². The summed E-state index contributed by atoms with van der Waals surface area (Å²) in [5, 5.41) is 3.43. The van der Waals surface area contributed by atoms with Gasteiger partial charge in [0.05, 0.1) is 15.6 Å². The van der Waals surface area contributed by atoms with E-state index in [9.17, 15) is 12.8 Å². The molecule has 10 heteroatoms. The molecule has 0 radical (unpaired) electrons. The standard InChI is InChI=1S/C25H27ClFN5O2S/c1-16-18(7-6-17-13-29-25(30-14-17)32-20-10-8-19(28)9-11-20)12-22(27)23(31-16)15-35(33,34)24-5-3-2-4-21(24)26/h2-7,12-14,19-20H,8-11,15,28H2,1H3,(H,29,30,32)/b7-6+. The largest absolute Gasteiger partial charge is 0.351 e. The summed E-state index contributed by atoms with van der Waals surface area (Å²) in [6.45, 7) is 1.70. The number of anilines is 1. The Hall–Kier alpha value is -2.88. The predicted octanol–water partition coefficient (Wildman–Crippen LogP) is 4.80. The van der Waals surface area contributed by atoms with Gasteiger partial charge in [0, 0.05) is 35.7 Å². The second-order valence-electron chi connectivity index (χ2n) is 8.71. The molecule has 0 aliphatic heterocycles. The number of halogens is 2. The molecule has 1 fully saturated rings. The fraction of sp³-hybridized carbons (Fsp3) is 0.320. The molecule has 0 spiro atoms. The number of aromatic nitrogens is 3. The maximum atomic E-state index is 14.8. The molecule has 1 aliphatic rings. The van der Waals surface area contributed by atoms with Crippen molar-refractivity contribution in [3.63, 3.8) is 0 Å². The minimum atomic E-state index is -3.85. The van der Waals surface area contributed by atoms with Crippen LogP contribution in [-0.4, -0.2) is 35.5 Å². The van der Waals surface area contributed by atoms with Crippen LogP contribution in [0.15, 0.2) is 47.6 Å². The summed E-state index contributed by atoms with van der Waals surface area (Å²) in [7, 11) is -3.85. The molecule has 0 saturated heterocycles. The maximum absolute atomic E-state index is 14.8. The second kappa shape index (κ2) is 10.8. The van der Waals surface area contributed by atoms with Crippen LogP contribution in [0.2, 0.25) is 5.02 Å². The van der Waals surface area contributed by atoms with Crippen LogP contribution in [0.1, 0.15) is 48.2 Å². The molecule has 0 atom stereocenters. The Labute approximate surface area is 209 Å². The summed E-state index contributed by atoms with van der Waals surface area (Å²) in [4.78, 5) is 12.9. The fourth-order valence-electron chi connectivity index (χ4n) is 4.00. The first-order valence-corrected chi connectivity index (χ1v) is 13.4. The van der Waals surface area contributed by atoms with E-state index in [0.29, 0.717) is 23.2 Å². The number of rotatable bonds is 7. The van der Waals surface area contributed by atoms with Crippen LogP contribution in [0.3, 0.4) is 0 Å². The van der Waals surface area contributed by atoms with Crippen molar-refractivity contribution in [1.82, 2.24) is 15.0 Å². The summed E-state index contributed by atoms with van der Waals surface area (Å²) < 4.78 is 40.2. The van der Waals surface area contributed by atoms with E-state index in [-0.39, 0.29) is 21.7 Å². The van der Waals surface area contributed by atoms with Crippen molar-refractivity contribution in [3.05, 3.63) is 76.1 Å². The summed E-state index contributed by atoms with van der Waals surface area (Å²) in [6, 6.07) is 7.97. The third kappa shape index (κ3) is 6.42. The van der Waals surface area contributed by atoms with Gasteiger partial charge in [-0.25, -0.2) is 22.8 Å². The average molecular weight is 516 g/mol. The quantitative estimate of drug-likeness (QED) is 0.465. The minimum Gasteiger partial charge on any atom is -0.351 e. The van der Waals surface area contributed by atoms with Gasteiger partial charge in [-0.05, 0) is 56.4 Å². The Morgan fingerprint density at radius 2 is 1.83 bits per heavy atom. The zero-order chi connectivity index (χ0) is 25.0. The molecule has 3 N–H and O–H groups in total. The number of sulfone groups is 1. The Morgan fingerprint density at radius 3 is 2.51 bits per heavy atom. The van der Waals surface area contributed by atoms with Gasteiger partial charge in [0.25, 0.3) is 0 Å². The summed E-state index contributed by atoms with van der Waals surface area (Å²) in [5.41, 5.74) is 7.57. The molecular weight excluding hydrogens is 489 g/mol. The first-order chi connectivity index (χ1) is 16.7. The van der Waals surface area contributed by atoms with Gasteiger partial charge in [0.1, 0.15) is 11.6 Å². The molecule has 1 aromatic carbocycles. The Balaban J connectivity index is 1.44. The smallest absolute Gasteiger partial charge is 0.222 e. The Morgan fingerprint density at radius 1 is 1.14 bits per heavy atom. The van der Waals surface area contributed by atoms with Crippen LogP contribution < -0.4 is 11.1 Å². The number of benzene rings is 1. The van der Waals surface area contributed by atoms with Crippen molar-refractivity contribution in [2.75, 3.05) is 5.32 Å². The summed E-state index contributed by atoms with van der Waals surface area (Å²) in [6.07, 6.45) is 10.8. The van der Waals surface area contributed by atoms with Crippen molar-refractivity contribution >= 4 is 39.5 Å². The van der Waals surface area contributed by atoms with Crippen molar-refractivity contribution < 1.29 is 12.8 Å². The molecule has 2 aromatic heterocycles. The van der Waals surface area contributed by atoms with Crippen LogP contribution in [0.5, 0.6) is 0 Å². The second-order valence-corrected chi connectivity index (χ2v) is 11.1. The molecule has 184 valence electrons. The lowest BCUT2D eigenvalue weighted by Crippen LogP contribution is -2.33. The van der Waals surface area contributed by atoms with Gasteiger partial charge in [-0.15, -0.1) is 0 Å². The monoisotopic (exact) mass is 515 g/mol. The number of aryl methyl sites for hydroxylation is 1. The minimum absolute atomic E-state index is 0.0468. The normalized spacial score (nSPS) is 18.6. The highest BCUT2D eigenvalue weighted by Gasteiger charge is 2.22. The number of hydrogen-bond acceptors (Lipinski definition) is 7. The third-order valence-electron chi connectivity index (χ3n) is 6.01. The van der Waals surface area contributed by atoms with Gasteiger partial charge in [-0.3, -0.25) is 4.98 Å². The summed E-state index contributed by atoms with van der Waals surface area (Å²) in [5.74, 6) is -0.715. The molecule has 0 amide bonds. The highest BCUT2D eigenvalue weighted by atomic mass is 35.5. The molecule has 35 heavy (non-hydrogen) atoms. The molecular formula is C25H27ClFN5O2S. The van der Waals surface area contributed by atoms with Gasteiger partial charge in [0.15, 0.2) is 9.84 Å². The van der Waals surface area contributed by atoms with Crippen molar-refractivity contribution in [2.45, 2.75) is 55.3 Å². The van der Waals surface area contributed by atoms with E-state index in [4.69, 9.17) is 17.3 Å². The van der Waals surface area contributed by atoms with E-state index in [1.54, 1.807) is 43.6 Å². The van der Waals surface area contributed by atoms with Crippen molar-refractivity contribution in [3.8, 4) is 0 Å². The Bertz CT molecular complexity index is 1320. The lowest BCUT2D eigenvalue weighted by atomic mass is 9.92. The Kier molecular flexibility index (Phi) is 7.78. The molecule has 1 aliphatic carbocycles. The average Bonchev–Trinajstić information content (AvgIpc) is 2.83. The van der Waals surface area contributed by atoms with Crippen LogP contribution >= 0.6 is 11.6 Å². The lowest BCUT2D eigenvalue weighted by molar-refractivity contribution is 0.410. The summed E-state index contributed by atoms with van der Waals surface area (Å²) >= 11 is 6.01. The predicted molar refractivity (Wildman–Crippen MR) is 136 cm³/mol. The first kappa shape index (κ1) is 25.2. The number of nitrogens with zero attached hydrogens (tertiary/aromatic N) is 3. The van der Waals surface area contributed by atoms with Gasteiger partial charge >= 0.3 is 0 Å². The lowest BCUT2D eigenvalue weighted by Gasteiger charge is -2.26. The van der Waals surface area contributed by atoms with E-state index >= 15 is 0 Å². The fourth-order valence-corrected chi connectivity index (χ4v) is 5.86. The van der Waals surface area contributed by atoms with Gasteiger partial charge in [-0.2, -0.15) is 0 Å². The van der Waals surface area contributed by atoms with E-state index < -0.39 is 21.4 Å². The number of nitrogens with one attached hydrogen (secondary N) is 1. The zero-order valence-electron chi connectivity index (χ0n) is 19.3. The molecule has 0 bridgehead atoms. The zero-order valence-corrected chi connectivity index (χ0v) is 20.9. The molecule has 0 unspecified atom stereocenters. The van der Waals surface area contributed by atoms with E-state index in [1.807, 2.05) is 0 Å². The molecule has 3 aromatic rings. The molecule has 7 nitrogen and oxygen atoms in total. The van der Waals surface area contributed by atoms with Crippen LogP contribution in [0.25, 0.3) is 12.2 Å². The SMILES string of the molecule is Cc1nc(CS(=O)(=O)c2ccccc2Cl)c(F)cc1/C=C/c1cnc(NC2CCC(N)CC2)nc1. The van der Waals surface area contributed by atoms with Crippen molar-refractivity contribution in [1.29, 1.82) is 0 Å². The molecule has 1 saturated carbocycles. The highest BCUT2D eigenvalue weighted by molar-refractivity contribution is 7.90. The van der Waals surface area contributed by atoms with Crippen molar-refractivity contribution in [2.24, 2.45) is 5.73 Å². The molecule has 2 heterocycles. The number of hydrogen-bond donors (Lipinski definition) is 2. The van der Waals surface area contributed by atoms with Gasteiger partial charge in [-0.1, -0.05) is 35.9 Å². The highest BCUT2D eigenvalue weighted by Crippen LogP contribution is 2.25. The molecule has 4 rings (SSSR count). The van der Waals surface area contributed by atoms with Gasteiger partial charge in [0.2, 0.25) is 5.95 Å². The topological polar surface area (TPSA) is 111 Å². The van der Waals surface area contributed by atoms with Crippen LogP contribution in [0, 0.1) is 12.7 Å². The maximum Gasteiger partial charge on any atom is 0.222 e. The first-order valence-electron chi connectivity index (χ1n) is 11.4. The van der Waals surface area contributed by atoms with Crippen LogP contribution in [-0.2, 0) is 15.6 Å². The van der Waals surface area contributed by atoms with Gasteiger partial charge < -0.3 is 11.1 Å². The van der Waals surface area contributed by atoms with E-state index in [2.05, 4.69) is 20.3 Å². The van der Waals surface area contributed by atoms with Crippen LogP contribution in [0.4, 0.5) is 10.3 Å². The van der Waals surface area contributed by atoms with E-state index in [0.717, 1.165) is 31.2 Å². The number of pyridine rings is 1.